The lowest BCUT2D eigenvalue weighted by Crippen LogP contribution is -2.26. The number of para-hydroxylation sites is 1. The molecule has 0 aliphatic heterocycles. The summed E-state index contributed by atoms with van der Waals surface area (Å²) in [6.45, 7) is 0.909. The molecule has 0 aromatic heterocycles. The van der Waals surface area contributed by atoms with Crippen molar-refractivity contribution in [2.24, 2.45) is 0 Å². The van der Waals surface area contributed by atoms with Crippen LogP contribution in [0.5, 0.6) is 0 Å². The molecule has 15 heavy (non-hydrogen) atoms. The Labute approximate surface area is 89.6 Å². The number of hydrogen-bond acceptors (Lipinski definition) is 4. The summed E-state index contributed by atoms with van der Waals surface area (Å²) in [5.41, 5.74) is 7.55. The number of benzene rings is 1. The second-order valence-corrected chi connectivity index (χ2v) is 3.45. The average Bonchev–Trinajstić information content (AvgIpc) is 2.21. The Bertz CT molecular complexity index is 339. The van der Waals surface area contributed by atoms with Crippen molar-refractivity contribution in [3.63, 3.8) is 0 Å². The number of nitrogens with zero attached hydrogens (tertiary/aromatic N) is 1. The number of esters is 1. The third-order valence-electron chi connectivity index (χ3n) is 2.12. The zero-order valence-corrected chi connectivity index (χ0v) is 9.06. The normalized spacial score (nSPS) is 10.3. The van der Waals surface area contributed by atoms with Gasteiger partial charge >= 0.3 is 5.97 Å². The van der Waals surface area contributed by atoms with Crippen LogP contribution in [0.2, 0.25) is 0 Å². The molecule has 82 valence electrons. The number of ether oxygens (including phenoxy) is 1. The van der Waals surface area contributed by atoms with Gasteiger partial charge in [0.1, 0.15) is 0 Å². The van der Waals surface area contributed by atoms with Crippen molar-refractivity contribution in [3.8, 4) is 0 Å². The molecule has 0 saturated carbocycles. The maximum absolute atomic E-state index is 11.0. The van der Waals surface area contributed by atoms with E-state index in [1.807, 2.05) is 36.2 Å². The van der Waals surface area contributed by atoms with Gasteiger partial charge in [-0.15, -0.1) is 0 Å². The van der Waals surface area contributed by atoms with Crippen molar-refractivity contribution >= 4 is 11.7 Å². The quantitative estimate of drug-likeness (QED) is 0.589. The van der Waals surface area contributed by atoms with Crippen molar-refractivity contribution < 1.29 is 9.53 Å². The molecule has 0 saturated heterocycles. The minimum atomic E-state index is -0.244. The Morgan fingerprint density at radius 2 is 2.13 bits per heavy atom. The van der Waals surface area contributed by atoms with Crippen LogP contribution < -0.4 is 5.73 Å². The fourth-order valence-electron chi connectivity index (χ4n) is 1.31. The minimum absolute atomic E-state index is 0.244. The Kier molecular flexibility index (Phi) is 4.12. The summed E-state index contributed by atoms with van der Waals surface area (Å²) in [6, 6.07) is 7.61. The van der Waals surface area contributed by atoms with Gasteiger partial charge in [-0.2, -0.15) is 0 Å². The van der Waals surface area contributed by atoms with E-state index in [1.54, 1.807) is 0 Å². The third kappa shape index (κ3) is 3.59. The van der Waals surface area contributed by atoms with Crippen LogP contribution >= 0.6 is 0 Å². The highest BCUT2D eigenvalue weighted by Gasteiger charge is 2.07. The van der Waals surface area contributed by atoms with Crippen molar-refractivity contribution in [1.29, 1.82) is 0 Å². The van der Waals surface area contributed by atoms with E-state index in [4.69, 9.17) is 5.73 Å². The predicted molar refractivity (Wildman–Crippen MR) is 59.2 cm³/mol. The Morgan fingerprint density at radius 3 is 2.73 bits per heavy atom. The molecule has 4 heteroatoms. The number of nitrogen functional groups attached to an aromatic ring is 1. The van der Waals surface area contributed by atoms with Crippen LogP contribution in [0.15, 0.2) is 24.3 Å². The van der Waals surface area contributed by atoms with Gasteiger partial charge in [-0.1, -0.05) is 18.2 Å². The van der Waals surface area contributed by atoms with Crippen molar-refractivity contribution in [2.75, 3.05) is 26.4 Å². The number of likely N-dealkylation sites (N-methyl/N-ethyl adjacent to an activating group) is 1. The Morgan fingerprint density at radius 1 is 1.47 bits per heavy atom. The molecule has 0 unspecified atom stereocenters. The number of carbonyl (C=O) groups excluding carboxylic acids is 1. The first-order valence-electron chi connectivity index (χ1n) is 4.72. The maximum atomic E-state index is 11.0. The topological polar surface area (TPSA) is 55.6 Å². The summed E-state index contributed by atoms with van der Waals surface area (Å²) < 4.78 is 4.58. The van der Waals surface area contributed by atoms with Gasteiger partial charge in [-0.3, -0.25) is 9.69 Å². The van der Waals surface area contributed by atoms with E-state index in [2.05, 4.69) is 4.74 Å². The number of carbonyl (C=O) groups is 1. The first-order chi connectivity index (χ1) is 7.13. The van der Waals surface area contributed by atoms with E-state index in [0.717, 1.165) is 11.3 Å². The number of hydrogen-bond donors (Lipinski definition) is 1. The van der Waals surface area contributed by atoms with E-state index in [-0.39, 0.29) is 12.5 Å². The molecular formula is C11H16N2O2. The van der Waals surface area contributed by atoms with Crippen LogP contribution in [0, 0.1) is 0 Å². The van der Waals surface area contributed by atoms with E-state index >= 15 is 0 Å². The van der Waals surface area contributed by atoms with Gasteiger partial charge in [0.05, 0.1) is 13.7 Å². The summed E-state index contributed by atoms with van der Waals surface area (Å²) in [7, 11) is 3.23. The molecule has 2 N–H and O–H groups in total. The molecule has 0 fully saturated rings. The number of methoxy groups -OCH3 is 1. The first kappa shape index (κ1) is 11.5. The summed E-state index contributed by atoms with van der Waals surface area (Å²) in [6.07, 6.45) is 0. The first-order valence-corrected chi connectivity index (χ1v) is 4.72. The minimum Gasteiger partial charge on any atom is -0.468 e. The summed E-state index contributed by atoms with van der Waals surface area (Å²) in [5.74, 6) is -0.244. The predicted octanol–water partition coefficient (Wildman–Crippen LogP) is 0.874. The van der Waals surface area contributed by atoms with Crippen LogP contribution in [-0.4, -0.2) is 31.6 Å². The molecule has 0 spiro atoms. The van der Waals surface area contributed by atoms with Crippen LogP contribution in [0.3, 0.4) is 0 Å². The molecule has 1 aromatic rings. The van der Waals surface area contributed by atoms with Crippen molar-refractivity contribution in [1.82, 2.24) is 4.90 Å². The van der Waals surface area contributed by atoms with E-state index in [0.29, 0.717) is 6.54 Å². The molecule has 0 atom stereocenters. The Hall–Kier alpha value is -1.55. The van der Waals surface area contributed by atoms with E-state index in [1.165, 1.54) is 7.11 Å². The second kappa shape index (κ2) is 5.36. The fourth-order valence-corrected chi connectivity index (χ4v) is 1.31. The molecule has 0 bridgehead atoms. The summed E-state index contributed by atoms with van der Waals surface area (Å²) in [4.78, 5) is 12.9. The summed E-state index contributed by atoms with van der Waals surface area (Å²) in [5, 5.41) is 0. The van der Waals surface area contributed by atoms with Crippen LogP contribution in [0.25, 0.3) is 0 Å². The molecule has 0 aliphatic carbocycles. The van der Waals surface area contributed by atoms with Gasteiger partial charge in [0.15, 0.2) is 0 Å². The molecule has 0 amide bonds. The zero-order valence-electron chi connectivity index (χ0n) is 9.06. The summed E-state index contributed by atoms with van der Waals surface area (Å²) >= 11 is 0. The van der Waals surface area contributed by atoms with Gasteiger partial charge in [0.25, 0.3) is 0 Å². The average molecular weight is 208 g/mol. The standard InChI is InChI=1S/C11H16N2O2/c1-13(8-11(14)15-2)7-9-5-3-4-6-10(9)12/h3-6H,7-8,12H2,1-2H3. The molecule has 0 heterocycles. The number of anilines is 1. The van der Waals surface area contributed by atoms with Gasteiger partial charge < -0.3 is 10.5 Å². The smallest absolute Gasteiger partial charge is 0.319 e. The number of nitrogens with two attached hydrogens (primary N) is 1. The highest BCUT2D eigenvalue weighted by Crippen LogP contribution is 2.12. The maximum Gasteiger partial charge on any atom is 0.319 e. The zero-order chi connectivity index (χ0) is 11.3. The van der Waals surface area contributed by atoms with Gasteiger partial charge in [-0.05, 0) is 18.7 Å². The lowest BCUT2D eigenvalue weighted by atomic mass is 10.2. The molecule has 0 radical (unpaired) electrons. The van der Waals surface area contributed by atoms with Crippen molar-refractivity contribution in [2.45, 2.75) is 6.54 Å². The highest BCUT2D eigenvalue weighted by atomic mass is 16.5. The highest BCUT2D eigenvalue weighted by molar-refractivity contribution is 5.71. The molecule has 4 nitrogen and oxygen atoms in total. The van der Waals surface area contributed by atoms with Crippen LogP contribution in [-0.2, 0) is 16.1 Å². The van der Waals surface area contributed by atoms with Gasteiger partial charge in [0, 0.05) is 12.2 Å². The second-order valence-electron chi connectivity index (χ2n) is 3.45. The third-order valence-corrected chi connectivity index (χ3v) is 2.12. The lowest BCUT2D eigenvalue weighted by Gasteiger charge is -2.16. The van der Waals surface area contributed by atoms with Crippen LogP contribution in [0.1, 0.15) is 5.56 Å². The van der Waals surface area contributed by atoms with Crippen molar-refractivity contribution in [3.05, 3.63) is 29.8 Å². The lowest BCUT2D eigenvalue weighted by molar-refractivity contribution is -0.141. The molecule has 0 aliphatic rings. The Balaban J connectivity index is 2.55. The van der Waals surface area contributed by atoms with Gasteiger partial charge in [0.2, 0.25) is 0 Å². The fraction of sp³-hybridized carbons (Fsp3) is 0.364. The largest absolute Gasteiger partial charge is 0.468 e. The molecule has 1 rings (SSSR count). The SMILES string of the molecule is COC(=O)CN(C)Cc1ccccc1N. The van der Waals surface area contributed by atoms with Crippen LogP contribution in [0.4, 0.5) is 5.69 Å². The monoisotopic (exact) mass is 208 g/mol. The number of rotatable bonds is 4. The molecular weight excluding hydrogens is 192 g/mol. The van der Waals surface area contributed by atoms with Gasteiger partial charge in [-0.25, -0.2) is 0 Å². The van der Waals surface area contributed by atoms with E-state index < -0.39 is 0 Å². The molecule has 1 aromatic carbocycles. The van der Waals surface area contributed by atoms with E-state index in [9.17, 15) is 4.79 Å².